The number of hydrogen-bond donors (Lipinski definition) is 2. The molecule has 3 amide bonds. The van der Waals surface area contributed by atoms with Gasteiger partial charge in [-0.15, -0.1) is 0 Å². The van der Waals surface area contributed by atoms with Crippen LogP contribution in [-0.2, 0) is 0 Å². The van der Waals surface area contributed by atoms with Gasteiger partial charge in [-0.05, 0) is 62.1 Å². The summed E-state index contributed by atoms with van der Waals surface area (Å²) in [6, 6.07) is 10.7. The van der Waals surface area contributed by atoms with Crippen molar-refractivity contribution >= 4 is 17.6 Å². The second kappa shape index (κ2) is 6.43. The van der Waals surface area contributed by atoms with Crippen molar-refractivity contribution in [1.29, 1.82) is 0 Å². The van der Waals surface area contributed by atoms with E-state index in [1.54, 1.807) is 0 Å². The molecule has 2 aromatic carbocycles. The van der Waals surface area contributed by atoms with E-state index in [2.05, 4.69) is 10.6 Å². The molecule has 0 aliphatic rings. The van der Waals surface area contributed by atoms with E-state index in [-0.39, 0.29) is 0 Å². The van der Waals surface area contributed by atoms with E-state index in [0.29, 0.717) is 11.3 Å². The zero-order chi connectivity index (χ0) is 16.3. The number of amides is 3. The molecular formula is C18H20N2O2. The number of carbonyl (C=O) groups excluding carboxylic acids is 2. The molecule has 0 unspecified atom stereocenters. The van der Waals surface area contributed by atoms with Crippen molar-refractivity contribution in [1.82, 2.24) is 5.32 Å². The molecule has 2 rings (SSSR count). The third kappa shape index (κ3) is 3.52. The van der Waals surface area contributed by atoms with Crippen molar-refractivity contribution < 1.29 is 9.59 Å². The van der Waals surface area contributed by atoms with Crippen molar-refractivity contribution in [2.75, 3.05) is 5.32 Å². The molecule has 4 nitrogen and oxygen atoms in total. The van der Waals surface area contributed by atoms with Gasteiger partial charge in [0.1, 0.15) is 0 Å². The number of rotatable bonds is 2. The van der Waals surface area contributed by atoms with Crippen LogP contribution in [0.2, 0.25) is 0 Å². The molecule has 22 heavy (non-hydrogen) atoms. The molecule has 2 aromatic rings. The Hall–Kier alpha value is -2.62. The number of aryl methyl sites for hydroxylation is 4. The van der Waals surface area contributed by atoms with Crippen LogP contribution < -0.4 is 10.6 Å². The summed E-state index contributed by atoms with van der Waals surface area (Å²) in [5.41, 5.74) is 5.12. The van der Waals surface area contributed by atoms with Crippen LogP contribution in [0.25, 0.3) is 0 Å². The molecule has 0 atom stereocenters. The molecule has 0 radical (unpaired) electrons. The molecule has 0 bridgehead atoms. The Morgan fingerprint density at radius 1 is 0.818 bits per heavy atom. The van der Waals surface area contributed by atoms with Gasteiger partial charge < -0.3 is 5.32 Å². The molecule has 2 N–H and O–H groups in total. The normalized spacial score (nSPS) is 10.2. The largest absolute Gasteiger partial charge is 0.326 e. The highest BCUT2D eigenvalue weighted by Crippen LogP contribution is 2.15. The third-order valence-corrected chi connectivity index (χ3v) is 3.70. The highest BCUT2D eigenvalue weighted by Gasteiger charge is 2.14. The van der Waals surface area contributed by atoms with E-state index in [1.807, 2.05) is 64.1 Å². The Morgan fingerprint density at radius 3 is 2.05 bits per heavy atom. The van der Waals surface area contributed by atoms with Gasteiger partial charge in [0.15, 0.2) is 0 Å². The molecule has 0 fully saturated rings. The Labute approximate surface area is 130 Å². The first-order valence-corrected chi connectivity index (χ1v) is 7.14. The van der Waals surface area contributed by atoms with Crippen LogP contribution in [0.15, 0.2) is 36.4 Å². The first-order valence-electron chi connectivity index (χ1n) is 7.14. The molecule has 0 spiro atoms. The number of nitrogens with one attached hydrogen (secondary N) is 2. The topological polar surface area (TPSA) is 58.2 Å². The Balaban J connectivity index is 2.08. The zero-order valence-corrected chi connectivity index (χ0v) is 13.3. The van der Waals surface area contributed by atoms with E-state index in [4.69, 9.17) is 0 Å². The predicted molar refractivity (Wildman–Crippen MR) is 88.3 cm³/mol. The summed E-state index contributed by atoms with van der Waals surface area (Å²) in [5.74, 6) is -0.392. The number of imide groups is 1. The van der Waals surface area contributed by atoms with Crippen molar-refractivity contribution in [2.24, 2.45) is 0 Å². The summed E-state index contributed by atoms with van der Waals surface area (Å²) in [7, 11) is 0. The van der Waals surface area contributed by atoms with Crippen LogP contribution in [0.5, 0.6) is 0 Å². The molecule has 4 heteroatoms. The number of urea groups is 1. The maximum atomic E-state index is 12.2. The Kier molecular flexibility index (Phi) is 4.61. The molecule has 0 aromatic heterocycles. The van der Waals surface area contributed by atoms with Gasteiger partial charge >= 0.3 is 6.03 Å². The minimum atomic E-state index is -0.532. The van der Waals surface area contributed by atoms with Gasteiger partial charge in [0.25, 0.3) is 5.91 Å². The summed E-state index contributed by atoms with van der Waals surface area (Å²) in [6.07, 6.45) is 0. The van der Waals surface area contributed by atoms with E-state index in [0.717, 1.165) is 22.3 Å². The van der Waals surface area contributed by atoms with E-state index in [1.165, 1.54) is 0 Å². The highest BCUT2D eigenvalue weighted by atomic mass is 16.2. The van der Waals surface area contributed by atoms with Crippen LogP contribution in [0.1, 0.15) is 32.6 Å². The number of carbonyl (C=O) groups is 2. The fourth-order valence-corrected chi connectivity index (χ4v) is 2.32. The van der Waals surface area contributed by atoms with E-state index >= 15 is 0 Å². The third-order valence-electron chi connectivity index (χ3n) is 3.70. The van der Waals surface area contributed by atoms with E-state index in [9.17, 15) is 9.59 Å². The predicted octanol–water partition coefficient (Wildman–Crippen LogP) is 3.88. The van der Waals surface area contributed by atoms with Crippen LogP contribution >= 0.6 is 0 Å². The summed E-state index contributed by atoms with van der Waals surface area (Å²) < 4.78 is 0. The minimum absolute atomic E-state index is 0.392. The molecule has 0 saturated carbocycles. The first-order chi connectivity index (χ1) is 10.4. The molecule has 0 aliphatic heterocycles. The van der Waals surface area contributed by atoms with Gasteiger partial charge in [-0.25, -0.2) is 4.79 Å². The van der Waals surface area contributed by atoms with Gasteiger partial charge in [0.05, 0.1) is 0 Å². The minimum Gasteiger partial charge on any atom is -0.308 e. The summed E-state index contributed by atoms with van der Waals surface area (Å²) in [5, 5.41) is 5.05. The summed E-state index contributed by atoms with van der Waals surface area (Å²) in [6.45, 7) is 7.68. The van der Waals surface area contributed by atoms with Crippen molar-refractivity contribution in [3.05, 3.63) is 64.2 Å². The molecule has 0 heterocycles. The van der Waals surface area contributed by atoms with E-state index < -0.39 is 11.9 Å². The average molecular weight is 296 g/mol. The lowest BCUT2D eigenvalue weighted by Crippen LogP contribution is -2.35. The number of benzene rings is 2. The van der Waals surface area contributed by atoms with Gasteiger partial charge in [0, 0.05) is 11.3 Å². The monoisotopic (exact) mass is 296 g/mol. The molecular weight excluding hydrogens is 276 g/mol. The first kappa shape index (κ1) is 15.8. The SMILES string of the molecule is Cc1ccc(NC(=O)NC(=O)c2c(C)cccc2C)cc1C. The number of anilines is 1. The van der Waals surface area contributed by atoms with Crippen LogP contribution in [0, 0.1) is 27.7 Å². The Morgan fingerprint density at radius 2 is 1.45 bits per heavy atom. The van der Waals surface area contributed by atoms with Gasteiger partial charge in [-0.3, -0.25) is 10.1 Å². The van der Waals surface area contributed by atoms with Crippen molar-refractivity contribution in [3.8, 4) is 0 Å². The van der Waals surface area contributed by atoms with Gasteiger partial charge in [0.2, 0.25) is 0 Å². The summed E-state index contributed by atoms with van der Waals surface area (Å²) >= 11 is 0. The Bertz CT molecular complexity index is 716. The maximum absolute atomic E-state index is 12.2. The van der Waals surface area contributed by atoms with Gasteiger partial charge in [-0.2, -0.15) is 0 Å². The highest BCUT2D eigenvalue weighted by molar-refractivity contribution is 6.09. The van der Waals surface area contributed by atoms with Crippen LogP contribution in [0.3, 0.4) is 0 Å². The lowest BCUT2D eigenvalue weighted by atomic mass is 10.0. The van der Waals surface area contributed by atoms with Crippen molar-refractivity contribution in [2.45, 2.75) is 27.7 Å². The molecule has 0 aliphatic carbocycles. The van der Waals surface area contributed by atoms with Crippen LogP contribution in [0.4, 0.5) is 10.5 Å². The smallest absolute Gasteiger partial charge is 0.308 e. The van der Waals surface area contributed by atoms with Gasteiger partial charge in [-0.1, -0.05) is 24.3 Å². The second-order valence-corrected chi connectivity index (χ2v) is 5.47. The zero-order valence-electron chi connectivity index (χ0n) is 13.3. The fraction of sp³-hybridized carbons (Fsp3) is 0.222. The fourth-order valence-electron chi connectivity index (χ4n) is 2.32. The average Bonchev–Trinajstić information content (AvgIpc) is 2.42. The molecule has 114 valence electrons. The van der Waals surface area contributed by atoms with Crippen molar-refractivity contribution in [3.63, 3.8) is 0 Å². The lowest BCUT2D eigenvalue weighted by Gasteiger charge is -2.11. The quantitative estimate of drug-likeness (QED) is 0.883. The number of hydrogen-bond acceptors (Lipinski definition) is 2. The second-order valence-electron chi connectivity index (χ2n) is 5.47. The van der Waals surface area contributed by atoms with Crippen LogP contribution in [-0.4, -0.2) is 11.9 Å². The summed E-state index contributed by atoms with van der Waals surface area (Å²) in [4.78, 5) is 24.2. The maximum Gasteiger partial charge on any atom is 0.326 e. The molecule has 0 saturated heterocycles. The lowest BCUT2D eigenvalue weighted by molar-refractivity contribution is 0.0966. The standard InChI is InChI=1S/C18H20N2O2/c1-11-8-9-15(10-14(11)4)19-18(22)20-17(21)16-12(2)6-5-7-13(16)3/h5-10H,1-4H3,(H2,19,20,21,22).